The second kappa shape index (κ2) is 4.59. The van der Waals surface area contributed by atoms with Crippen molar-refractivity contribution in [2.45, 2.75) is 12.4 Å². The van der Waals surface area contributed by atoms with E-state index in [9.17, 15) is 0 Å². The van der Waals surface area contributed by atoms with Crippen molar-refractivity contribution in [3.05, 3.63) is 0 Å². The number of aliphatic hydroxyl groups excluding tert-OH is 1. The minimum Gasteiger partial charge on any atom is -0.394 e. The predicted molar refractivity (Wildman–Crippen MR) is 31.9 cm³/mol. The highest BCUT2D eigenvalue weighted by atomic mass is 16.7. The third-order valence-corrected chi connectivity index (χ3v) is 0.817. The van der Waals surface area contributed by atoms with E-state index in [2.05, 4.69) is 4.74 Å². The van der Waals surface area contributed by atoms with Crippen LogP contribution in [0.4, 0.5) is 0 Å². The van der Waals surface area contributed by atoms with Gasteiger partial charge in [0.2, 0.25) is 0 Å². The Morgan fingerprint density at radius 1 is 1.10 bits per heavy atom. The molecule has 0 amide bonds. The summed E-state index contributed by atoms with van der Waals surface area (Å²) < 4.78 is 4.63. The molecule has 4 N–H and O–H groups in total. The lowest BCUT2D eigenvalue weighted by Crippen LogP contribution is -2.28. The van der Waals surface area contributed by atoms with Crippen molar-refractivity contribution in [1.82, 2.24) is 0 Å². The molecule has 0 saturated heterocycles. The molecule has 0 atom stereocenters. The topological polar surface area (TPSA) is 90.2 Å². The molecular weight excluding hydrogens is 140 g/mol. The van der Waals surface area contributed by atoms with Gasteiger partial charge in [-0.1, -0.05) is 0 Å². The third kappa shape index (κ3) is 7.80. The second-order valence-corrected chi connectivity index (χ2v) is 1.86. The minimum absolute atomic E-state index is 0.00403. The largest absolute Gasteiger partial charge is 0.394 e. The highest BCUT2D eigenvalue weighted by Gasteiger charge is 2.16. The molecule has 0 heterocycles. The summed E-state index contributed by atoms with van der Waals surface area (Å²) in [5, 5.41) is 33.0. The summed E-state index contributed by atoms with van der Waals surface area (Å²) in [4.78, 5) is 0. The van der Waals surface area contributed by atoms with Gasteiger partial charge in [-0.15, -0.1) is 0 Å². The molecule has 5 heteroatoms. The zero-order valence-electron chi connectivity index (χ0n) is 5.53. The average Bonchev–Trinajstić information content (AvgIpc) is 1.78. The first-order valence-electron chi connectivity index (χ1n) is 2.92. The van der Waals surface area contributed by atoms with Gasteiger partial charge in [-0.3, -0.25) is 0 Å². The standard InChI is InChI=1S/C5H12O5/c6-2-4-10-3-1-5(7,8)9/h6-9H,1-4H2. The summed E-state index contributed by atoms with van der Waals surface area (Å²) in [6, 6.07) is 0. The molecule has 0 aliphatic rings. The van der Waals surface area contributed by atoms with Gasteiger partial charge in [0, 0.05) is 0 Å². The van der Waals surface area contributed by atoms with E-state index in [1.165, 1.54) is 0 Å². The van der Waals surface area contributed by atoms with E-state index in [0.717, 1.165) is 0 Å². The van der Waals surface area contributed by atoms with Crippen molar-refractivity contribution in [3.63, 3.8) is 0 Å². The van der Waals surface area contributed by atoms with Gasteiger partial charge in [-0.2, -0.15) is 0 Å². The Bertz CT molecular complexity index is 76.6. The number of aliphatic hydroxyl groups is 4. The lowest BCUT2D eigenvalue weighted by Gasteiger charge is -2.12. The van der Waals surface area contributed by atoms with Crippen molar-refractivity contribution in [1.29, 1.82) is 0 Å². The molecule has 0 unspecified atom stereocenters. The van der Waals surface area contributed by atoms with Crippen LogP contribution in [0.5, 0.6) is 0 Å². The maximum Gasteiger partial charge on any atom is 0.277 e. The smallest absolute Gasteiger partial charge is 0.277 e. The molecule has 0 rings (SSSR count). The van der Waals surface area contributed by atoms with Crippen molar-refractivity contribution in [3.8, 4) is 0 Å². The molecule has 0 aromatic carbocycles. The predicted octanol–water partition coefficient (Wildman–Crippen LogP) is -1.98. The minimum atomic E-state index is -2.66. The fourth-order valence-electron chi connectivity index (χ4n) is 0.376. The van der Waals surface area contributed by atoms with Gasteiger partial charge >= 0.3 is 0 Å². The Labute approximate surface area is 58.5 Å². The van der Waals surface area contributed by atoms with Crippen molar-refractivity contribution < 1.29 is 25.2 Å². The molecule has 0 radical (unpaired) electrons. The van der Waals surface area contributed by atoms with E-state index in [1.807, 2.05) is 0 Å². The summed E-state index contributed by atoms with van der Waals surface area (Å²) in [7, 11) is 0. The van der Waals surface area contributed by atoms with Gasteiger partial charge in [0.25, 0.3) is 5.97 Å². The number of rotatable bonds is 5. The van der Waals surface area contributed by atoms with Crippen LogP contribution < -0.4 is 0 Å². The monoisotopic (exact) mass is 152 g/mol. The lowest BCUT2D eigenvalue weighted by molar-refractivity contribution is -0.318. The number of hydrogen-bond donors (Lipinski definition) is 4. The van der Waals surface area contributed by atoms with Crippen LogP contribution in [0.3, 0.4) is 0 Å². The van der Waals surface area contributed by atoms with E-state index >= 15 is 0 Å². The van der Waals surface area contributed by atoms with E-state index < -0.39 is 5.97 Å². The molecule has 0 spiro atoms. The Morgan fingerprint density at radius 3 is 2.10 bits per heavy atom. The van der Waals surface area contributed by atoms with Gasteiger partial charge in [-0.05, 0) is 0 Å². The van der Waals surface area contributed by atoms with Crippen molar-refractivity contribution in [2.75, 3.05) is 19.8 Å². The van der Waals surface area contributed by atoms with Crippen molar-refractivity contribution in [2.24, 2.45) is 0 Å². The zero-order valence-corrected chi connectivity index (χ0v) is 5.53. The lowest BCUT2D eigenvalue weighted by atomic mass is 10.4. The van der Waals surface area contributed by atoms with Gasteiger partial charge in [-0.25, -0.2) is 0 Å². The van der Waals surface area contributed by atoms with Crippen LogP contribution in [0.1, 0.15) is 6.42 Å². The van der Waals surface area contributed by atoms with Crippen LogP contribution in [-0.4, -0.2) is 46.2 Å². The Balaban J connectivity index is 3.04. The van der Waals surface area contributed by atoms with Gasteiger partial charge in [0.05, 0.1) is 26.2 Å². The third-order valence-electron chi connectivity index (χ3n) is 0.817. The summed E-state index contributed by atoms with van der Waals surface area (Å²) in [6.07, 6.45) is -0.285. The van der Waals surface area contributed by atoms with Crippen LogP contribution >= 0.6 is 0 Å². The summed E-state index contributed by atoms with van der Waals surface area (Å²) in [5.41, 5.74) is 0. The van der Waals surface area contributed by atoms with Crippen LogP contribution in [0.25, 0.3) is 0 Å². The normalized spacial score (nSPS) is 12.0. The fraction of sp³-hybridized carbons (Fsp3) is 1.00. The molecule has 62 valence electrons. The maximum absolute atomic E-state index is 8.29. The first-order chi connectivity index (χ1) is 4.56. The first-order valence-corrected chi connectivity index (χ1v) is 2.92. The molecule has 0 saturated carbocycles. The molecule has 5 nitrogen and oxygen atoms in total. The highest BCUT2D eigenvalue weighted by molar-refractivity contribution is 4.44. The molecule has 0 aromatic heterocycles. The van der Waals surface area contributed by atoms with E-state index in [0.29, 0.717) is 0 Å². The van der Waals surface area contributed by atoms with Crippen molar-refractivity contribution >= 4 is 0 Å². The molecule has 0 bridgehead atoms. The highest BCUT2D eigenvalue weighted by Crippen LogP contribution is 1.98. The molecule has 10 heavy (non-hydrogen) atoms. The van der Waals surface area contributed by atoms with E-state index in [1.54, 1.807) is 0 Å². The SMILES string of the molecule is OCCOCCC(O)(O)O. The second-order valence-electron chi connectivity index (χ2n) is 1.86. The van der Waals surface area contributed by atoms with E-state index in [4.69, 9.17) is 20.4 Å². The van der Waals surface area contributed by atoms with Gasteiger partial charge in [0.15, 0.2) is 0 Å². The quantitative estimate of drug-likeness (QED) is 0.270. The van der Waals surface area contributed by atoms with E-state index in [-0.39, 0.29) is 26.2 Å². The molecule has 0 aliphatic carbocycles. The molecule has 0 aliphatic heterocycles. The van der Waals surface area contributed by atoms with Crippen LogP contribution in [0.2, 0.25) is 0 Å². The Kier molecular flexibility index (Phi) is 4.50. The van der Waals surface area contributed by atoms with Gasteiger partial charge < -0.3 is 25.2 Å². The Morgan fingerprint density at radius 2 is 1.70 bits per heavy atom. The fourth-order valence-corrected chi connectivity index (χ4v) is 0.376. The van der Waals surface area contributed by atoms with Crippen LogP contribution in [0.15, 0.2) is 0 Å². The van der Waals surface area contributed by atoms with Gasteiger partial charge in [0.1, 0.15) is 0 Å². The molecular formula is C5H12O5. The Hall–Kier alpha value is -0.200. The average molecular weight is 152 g/mol. The number of ether oxygens (including phenoxy) is 1. The summed E-state index contributed by atoms with van der Waals surface area (Å²) in [6.45, 7) is 0.0232. The maximum atomic E-state index is 8.29. The van der Waals surface area contributed by atoms with Crippen LogP contribution in [-0.2, 0) is 4.74 Å². The number of hydrogen-bond acceptors (Lipinski definition) is 5. The zero-order chi connectivity index (χ0) is 8.04. The molecule has 0 fully saturated rings. The summed E-state index contributed by atoms with van der Waals surface area (Å²) >= 11 is 0. The summed E-state index contributed by atoms with van der Waals surface area (Å²) in [5.74, 6) is -2.66. The first kappa shape index (κ1) is 9.80. The van der Waals surface area contributed by atoms with Crippen LogP contribution in [0, 0.1) is 0 Å². The molecule has 0 aromatic rings.